The van der Waals surface area contributed by atoms with Crippen LogP contribution in [0, 0.1) is 0 Å². The largest absolute Gasteiger partial charge is 0.321 e. The van der Waals surface area contributed by atoms with E-state index in [-0.39, 0.29) is 11.3 Å². The van der Waals surface area contributed by atoms with Crippen LogP contribution >= 0.6 is 27.5 Å². The molecule has 0 saturated heterocycles. The highest BCUT2D eigenvalue weighted by Crippen LogP contribution is 2.30. The molecule has 0 heterocycles. The molecule has 2 nitrogen and oxygen atoms in total. The molecule has 0 atom stereocenters. The first-order valence-electron chi connectivity index (χ1n) is 7.30. The molecule has 23 heavy (non-hydrogen) atoms. The summed E-state index contributed by atoms with van der Waals surface area (Å²) in [7, 11) is 0. The molecule has 4 heteroatoms. The van der Waals surface area contributed by atoms with Gasteiger partial charge in [0, 0.05) is 15.6 Å². The van der Waals surface area contributed by atoms with E-state index < -0.39 is 0 Å². The molecule has 0 fully saturated rings. The lowest BCUT2D eigenvalue weighted by Gasteiger charge is -2.20. The highest BCUT2D eigenvalue weighted by Gasteiger charge is 2.15. The highest BCUT2D eigenvalue weighted by atomic mass is 79.9. The standard InChI is InChI=1S/C19H19BrClNO/c1-19(2,3)14-8-9-17(16(20)12-14)22-18(23)10-7-13-5-4-6-15(21)11-13/h4-12H,1-3H3,(H,22,23)/b10-7+. The van der Waals surface area contributed by atoms with Crippen LogP contribution < -0.4 is 5.32 Å². The molecule has 0 aliphatic heterocycles. The number of hydrogen-bond donors (Lipinski definition) is 1. The van der Waals surface area contributed by atoms with Gasteiger partial charge >= 0.3 is 0 Å². The normalized spacial score (nSPS) is 11.7. The number of rotatable bonds is 3. The fraction of sp³-hybridized carbons (Fsp3) is 0.211. The molecule has 2 aromatic rings. The number of hydrogen-bond acceptors (Lipinski definition) is 1. The van der Waals surface area contributed by atoms with E-state index >= 15 is 0 Å². The van der Waals surface area contributed by atoms with Crippen LogP contribution in [0.4, 0.5) is 5.69 Å². The monoisotopic (exact) mass is 391 g/mol. The highest BCUT2D eigenvalue weighted by molar-refractivity contribution is 9.10. The Hall–Kier alpha value is -1.58. The summed E-state index contributed by atoms with van der Waals surface area (Å²) in [6.07, 6.45) is 3.23. The average molecular weight is 393 g/mol. The van der Waals surface area contributed by atoms with Crippen molar-refractivity contribution in [2.75, 3.05) is 5.32 Å². The molecule has 1 amide bonds. The second-order valence-electron chi connectivity index (χ2n) is 6.32. The summed E-state index contributed by atoms with van der Waals surface area (Å²) in [5.41, 5.74) is 2.91. The van der Waals surface area contributed by atoms with Gasteiger partial charge in [-0.2, -0.15) is 0 Å². The van der Waals surface area contributed by atoms with Gasteiger partial charge in [-0.25, -0.2) is 0 Å². The van der Waals surface area contributed by atoms with E-state index in [1.165, 1.54) is 11.6 Å². The third-order valence-corrected chi connectivity index (χ3v) is 4.26. The molecule has 0 spiro atoms. The van der Waals surface area contributed by atoms with Gasteiger partial charge in [0.25, 0.3) is 0 Å². The van der Waals surface area contributed by atoms with Crippen LogP contribution in [0.1, 0.15) is 31.9 Å². The summed E-state index contributed by atoms with van der Waals surface area (Å²) in [5.74, 6) is -0.186. The Kier molecular flexibility index (Phi) is 5.66. The van der Waals surface area contributed by atoms with E-state index in [0.717, 1.165) is 15.7 Å². The summed E-state index contributed by atoms with van der Waals surface area (Å²) in [4.78, 5) is 12.1. The van der Waals surface area contributed by atoms with Gasteiger partial charge < -0.3 is 5.32 Å². The Bertz CT molecular complexity index is 747. The third-order valence-electron chi connectivity index (χ3n) is 3.37. The minimum absolute atomic E-state index is 0.0670. The smallest absolute Gasteiger partial charge is 0.248 e. The van der Waals surface area contributed by atoms with Crippen molar-refractivity contribution in [3.8, 4) is 0 Å². The molecule has 2 rings (SSSR count). The van der Waals surface area contributed by atoms with Gasteiger partial charge in [0.1, 0.15) is 0 Å². The third kappa shape index (κ3) is 5.22. The van der Waals surface area contributed by atoms with Crippen molar-refractivity contribution in [1.82, 2.24) is 0 Å². The second-order valence-corrected chi connectivity index (χ2v) is 7.61. The summed E-state index contributed by atoms with van der Waals surface area (Å²) < 4.78 is 0.870. The molecule has 0 radical (unpaired) electrons. The number of anilines is 1. The predicted octanol–water partition coefficient (Wildman–Crippen LogP) is 6.05. The maximum atomic E-state index is 12.1. The van der Waals surface area contributed by atoms with E-state index in [4.69, 9.17) is 11.6 Å². The number of amides is 1. The topological polar surface area (TPSA) is 29.1 Å². The SMILES string of the molecule is CC(C)(C)c1ccc(NC(=O)/C=C/c2cccc(Cl)c2)c(Br)c1. The van der Waals surface area contributed by atoms with Gasteiger partial charge in [-0.1, -0.05) is 50.6 Å². The van der Waals surface area contributed by atoms with Crippen LogP contribution in [-0.2, 0) is 10.2 Å². The van der Waals surface area contributed by atoms with Gasteiger partial charge in [-0.05, 0) is 62.8 Å². The Morgan fingerprint density at radius 3 is 2.52 bits per heavy atom. The van der Waals surface area contributed by atoms with Crippen molar-refractivity contribution in [3.63, 3.8) is 0 Å². The van der Waals surface area contributed by atoms with E-state index in [2.05, 4.69) is 42.0 Å². The Morgan fingerprint density at radius 1 is 1.17 bits per heavy atom. The molecule has 0 unspecified atom stereocenters. The number of carbonyl (C=O) groups excluding carboxylic acids is 1. The van der Waals surface area contributed by atoms with Gasteiger partial charge in [-0.3, -0.25) is 4.79 Å². The lowest BCUT2D eigenvalue weighted by atomic mass is 9.87. The Morgan fingerprint density at radius 2 is 1.91 bits per heavy atom. The Balaban J connectivity index is 2.08. The van der Waals surface area contributed by atoms with Crippen molar-refractivity contribution >= 4 is 45.2 Å². The molecule has 0 aliphatic rings. The molecular weight excluding hydrogens is 374 g/mol. The number of halogens is 2. The van der Waals surface area contributed by atoms with Crippen molar-refractivity contribution < 1.29 is 4.79 Å². The van der Waals surface area contributed by atoms with Crippen LogP contribution in [0.15, 0.2) is 53.0 Å². The maximum Gasteiger partial charge on any atom is 0.248 e. The van der Waals surface area contributed by atoms with Gasteiger partial charge in [0.15, 0.2) is 0 Å². The van der Waals surface area contributed by atoms with Crippen LogP contribution in [0.3, 0.4) is 0 Å². The van der Waals surface area contributed by atoms with Crippen LogP contribution in [0.25, 0.3) is 6.08 Å². The first-order valence-corrected chi connectivity index (χ1v) is 8.47. The second kappa shape index (κ2) is 7.33. The predicted molar refractivity (Wildman–Crippen MR) is 102 cm³/mol. The van der Waals surface area contributed by atoms with Gasteiger partial charge in [0.2, 0.25) is 5.91 Å². The summed E-state index contributed by atoms with van der Waals surface area (Å²) >= 11 is 9.44. The first kappa shape index (κ1) is 17.8. The van der Waals surface area contributed by atoms with Crippen LogP contribution in [0.2, 0.25) is 5.02 Å². The van der Waals surface area contributed by atoms with E-state index in [9.17, 15) is 4.79 Å². The molecule has 0 aromatic heterocycles. The van der Waals surface area contributed by atoms with E-state index in [1.54, 1.807) is 18.2 Å². The zero-order valence-corrected chi connectivity index (χ0v) is 15.7. The number of nitrogens with one attached hydrogen (secondary N) is 1. The lowest BCUT2D eigenvalue weighted by molar-refractivity contribution is -0.111. The molecular formula is C19H19BrClNO. The van der Waals surface area contributed by atoms with E-state index in [0.29, 0.717) is 5.02 Å². The molecule has 0 aliphatic carbocycles. The van der Waals surface area contributed by atoms with Crippen LogP contribution in [0.5, 0.6) is 0 Å². The van der Waals surface area contributed by atoms with Crippen molar-refractivity contribution in [3.05, 3.63) is 69.2 Å². The minimum Gasteiger partial charge on any atom is -0.321 e. The molecule has 1 N–H and O–H groups in total. The average Bonchev–Trinajstić information content (AvgIpc) is 2.46. The molecule has 0 bridgehead atoms. The maximum absolute atomic E-state index is 12.1. The van der Waals surface area contributed by atoms with Crippen molar-refractivity contribution in [2.45, 2.75) is 26.2 Å². The fourth-order valence-corrected chi connectivity index (χ4v) is 2.72. The zero-order chi connectivity index (χ0) is 17.0. The molecule has 0 saturated carbocycles. The zero-order valence-electron chi connectivity index (χ0n) is 13.4. The van der Waals surface area contributed by atoms with E-state index in [1.807, 2.05) is 30.3 Å². The minimum atomic E-state index is -0.186. The molecule has 2 aromatic carbocycles. The van der Waals surface area contributed by atoms with Gasteiger partial charge in [0.05, 0.1) is 5.69 Å². The summed E-state index contributed by atoms with van der Waals surface area (Å²) in [6.45, 7) is 6.46. The first-order chi connectivity index (χ1) is 10.8. The quantitative estimate of drug-likeness (QED) is 0.633. The lowest BCUT2D eigenvalue weighted by Crippen LogP contribution is -2.12. The Labute approximate surface area is 150 Å². The van der Waals surface area contributed by atoms with Crippen LogP contribution in [-0.4, -0.2) is 5.91 Å². The summed E-state index contributed by atoms with van der Waals surface area (Å²) in [6, 6.07) is 13.3. The van der Waals surface area contributed by atoms with Gasteiger partial charge in [-0.15, -0.1) is 0 Å². The number of carbonyl (C=O) groups is 1. The van der Waals surface area contributed by atoms with Crippen molar-refractivity contribution in [1.29, 1.82) is 0 Å². The summed E-state index contributed by atoms with van der Waals surface area (Å²) in [5, 5.41) is 3.51. The fourth-order valence-electron chi connectivity index (χ4n) is 2.04. The van der Waals surface area contributed by atoms with Crippen molar-refractivity contribution in [2.24, 2.45) is 0 Å². The number of benzene rings is 2. The molecule has 120 valence electrons.